The predicted octanol–water partition coefficient (Wildman–Crippen LogP) is 2.62. The molecule has 0 fully saturated rings. The molecule has 0 radical (unpaired) electrons. The summed E-state index contributed by atoms with van der Waals surface area (Å²) >= 11 is 5.25. The van der Waals surface area contributed by atoms with Crippen molar-refractivity contribution >= 4 is 27.9 Å². The van der Waals surface area contributed by atoms with Gasteiger partial charge in [-0.3, -0.25) is 14.4 Å². The molecule has 2 N–H and O–H groups in total. The van der Waals surface area contributed by atoms with Crippen LogP contribution in [0.1, 0.15) is 5.76 Å². The third-order valence-electron chi connectivity index (χ3n) is 3.10. The van der Waals surface area contributed by atoms with E-state index in [2.05, 4.69) is 14.9 Å². The minimum atomic E-state index is -3.30. The highest BCUT2D eigenvalue weighted by Gasteiger charge is 2.11. The average molecular weight is 350 g/mol. The minimum Gasteiger partial charge on any atom is -0.467 e. The van der Waals surface area contributed by atoms with E-state index in [4.69, 9.17) is 16.6 Å². The molecule has 0 amide bonds. The van der Waals surface area contributed by atoms with Crippen LogP contribution in [0.4, 0.5) is 5.69 Å². The second-order valence-corrected chi connectivity index (χ2v) is 7.10. The summed E-state index contributed by atoms with van der Waals surface area (Å²) in [6, 6.07) is 10.6. The Morgan fingerprint density at radius 1 is 1.30 bits per heavy atom. The molecule has 1 aromatic carbocycles. The van der Waals surface area contributed by atoms with Gasteiger partial charge in [0.15, 0.2) is 10.6 Å². The van der Waals surface area contributed by atoms with Gasteiger partial charge in [-0.15, -0.1) is 0 Å². The van der Waals surface area contributed by atoms with Gasteiger partial charge >= 0.3 is 0 Å². The van der Waals surface area contributed by atoms with Gasteiger partial charge in [-0.1, -0.05) is 0 Å². The van der Waals surface area contributed by atoms with Gasteiger partial charge in [0.2, 0.25) is 10.0 Å². The minimum absolute atomic E-state index is 0.459. The SMILES string of the molecule is CS(=O)(=O)Nc1ccc(-c2n[nH]c(=S)n2Cc2ccco2)cc1. The first-order valence-corrected chi connectivity index (χ1v) is 8.98. The number of H-pyrrole nitrogens is 1. The molecule has 0 spiro atoms. The molecule has 0 atom stereocenters. The van der Waals surface area contributed by atoms with E-state index >= 15 is 0 Å². The van der Waals surface area contributed by atoms with Crippen LogP contribution in [0.3, 0.4) is 0 Å². The summed E-state index contributed by atoms with van der Waals surface area (Å²) in [4.78, 5) is 0. The van der Waals surface area contributed by atoms with Crippen LogP contribution in [0, 0.1) is 4.77 Å². The van der Waals surface area contributed by atoms with Crippen LogP contribution >= 0.6 is 12.2 Å². The second-order valence-electron chi connectivity index (χ2n) is 4.97. The number of aromatic amines is 1. The number of nitrogens with zero attached hydrogens (tertiary/aromatic N) is 2. The summed E-state index contributed by atoms with van der Waals surface area (Å²) < 4.78 is 32.5. The molecule has 0 saturated heterocycles. The fraction of sp³-hybridized carbons (Fsp3) is 0.143. The summed E-state index contributed by atoms with van der Waals surface area (Å²) in [6.45, 7) is 0.459. The van der Waals surface area contributed by atoms with Gasteiger partial charge in [-0.25, -0.2) is 8.42 Å². The fourth-order valence-electron chi connectivity index (χ4n) is 2.14. The lowest BCUT2D eigenvalue weighted by molar-refractivity contribution is 0.493. The van der Waals surface area contributed by atoms with Crippen molar-refractivity contribution in [2.75, 3.05) is 11.0 Å². The van der Waals surface area contributed by atoms with Crippen molar-refractivity contribution in [2.45, 2.75) is 6.54 Å². The maximum absolute atomic E-state index is 11.2. The average Bonchev–Trinajstić information content (AvgIpc) is 3.10. The lowest BCUT2D eigenvalue weighted by Crippen LogP contribution is -2.09. The number of hydrogen-bond acceptors (Lipinski definition) is 5. The Morgan fingerprint density at radius 2 is 2.04 bits per heavy atom. The zero-order valence-electron chi connectivity index (χ0n) is 12.2. The zero-order valence-corrected chi connectivity index (χ0v) is 13.8. The Morgan fingerprint density at radius 3 is 2.65 bits per heavy atom. The number of sulfonamides is 1. The molecule has 0 saturated carbocycles. The van der Waals surface area contributed by atoms with E-state index in [0.717, 1.165) is 17.6 Å². The number of benzene rings is 1. The standard InChI is InChI=1S/C14H14N4O3S2/c1-23(19,20)17-11-6-4-10(5-7-11)13-15-16-14(22)18(13)9-12-3-2-8-21-12/h2-8,17H,9H2,1H3,(H,16,22). The van der Waals surface area contributed by atoms with Gasteiger partial charge in [0.1, 0.15) is 5.76 Å². The van der Waals surface area contributed by atoms with Gasteiger partial charge < -0.3 is 4.42 Å². The first-order valence-electron chi connectivity index (χ1n) is 6.68. The highest BCUT2D eigenvalue weighted by molar-refractivity contribution is 7.92. The molecule has 0 aliphatic heterocycles. The van der Waals surface area contributed by atoms with E-state index in [9.17, 15) is 8.42 Å². The largest absolute Gasteiger partial charge is 0.467 e. The number of hydrogen-bond donors (Lipinski definition) is 2. The summed E-state index contributed by atoms with van der Waals surface area (Å²) in [5, 5.41) is 7.00. The third kappa shape index (κ3) is 3.69. The molecule has 0 aliphatic rings. The molecule has 0 aliphatic carbocycles. The van der Waals surface area contributed by atoms with Crippen LogP contribution in [0.25, 0.3) is 11.4 Å². The van der Waals surface area contributed by atoms with Crippen LogP contribution in [0.5, 0.6) is 0 Å². The number of aromatic nitrogens is 3. The summed E-state index contributed by atoms with van der Waals surface area (Å²) in [7, 11) is -3.30. The molecule has 0 unspecified atom stereocenters. The van der Waals surface area contributed by atoms with Crippen molar-refractivity contribution in [2.24, 2.45) is 0 Å². The van der Waals surface area contributed by atoms with Crippen LogP contribution in [-0.4, -0.2) is 29.4 Å². The molecule has 7 nitrogen and oxygen atoms in total. The molecular formula is C14H14N4O3S2. The first-order chi connectivity index (χ1) is 10.9. The monoisotopic (exact) mass is 350 g/mol. The quantitative estimate of drug-likeness (QED) is 0.690. The Hall–Kier alpha value is -2.39. The van der Waals surface area contributed by atoms with Crippen molar-refractivity contribution in [3.05, 3.63) is 53.2 Å². The molecule has 23 heavy (non-hydrogen) atoms. The number of furan rings is 1. The number of anilines is 1. The number of rotatable bonds is 5. The fourth-order valence-corrected chi connectivity index (χ4v) is 2.91. The smallest absolute Gasteiger partial charge is 0.229 e. The van der Waals surface area contributed by atoms with Gasteiger partial charge in [-0.05, 0) is 48.6 Å². The highest BCUT2D eigenvalue weighted by Crippen LogP contribution is 2.21. The highest BCUT2D eigenvalue weighted by atomic mass is 32.2. The van der Waals surface area contributed by atoms with Crippen LogP contribution in [0.15, 0.2) is 47.1 Å². The van der Waals surface area contributed by atoms with Crippen LogP contribution < -0.4 is 4.72 Å². The number of nitrogens with one attached hydrogen (secondary N) is 2. The van der Waals surface area contributed by atoms with E-state index in [1.54, 1.807) is 30.5 Å². The molecule has 2 heterocycles. The molecule has 0 bridgehead atoms. The van der Waals surface area contributed by atoms with Gasteiger partial charge in [0.05, 0.1) is 19.1 Å². The Bertz CT molecular complexity index is 954. The molecule has 9 heteroatoms. The Kier molecular flexibility index (Phi) is 4.05. The van der Waals surface area contributed by atoms with Gasteiger partial charge in [0, 0.05) is 11.3 Å². The van der Waals surface area contributed by atoms with E-state index in [1.807, 2.05) is 16.7 Å². The van der Waals surface area contributed by atoms with E-state index < -0.39 is 10.0 Å². The Labute approximate surface area is 138 Å². The summed E-state index contributed by atoms with van der Waals surface area (Å²) in [6.07, 6.45) is 2.71. The van der Waals surface area contributed by atoms with Gasteiger partial charge in [0.25, 0.3) is 0 Å². The van der Waals surface area contributed by atoms with Crippen molar-refractivity contribution in [3.8, 4) is 11.4 Å². The maximum atomic E-state index is 11.2. The van der Waals surface area contributed by atoms with Crippen molar-refractivity contribution in [1.29, 1.82) is 0 Å². The summed E-state index contributed by atoms with van der Waals surface area (Å²) in [5.41, 5.74) is 1.30. The van der Waals surface area contributed by atoms with E-state index in [1.165, 1.54) is 0 Å². The molecule has 120 valence electrons. The molecule has 2 aromatic heterocycles. The van der Waals surface area contributed by atoms with Crippen LogP contribution in [-0.2, 0) is 16.6 Å². The molecular weight excluding hydrogens is 336 g/mol. The van der Waals surface area contributed by atoms with Crippen molar-refractivity contribution < 1.29 is 12.8 Å². The molecule has 3 rings (SSSR count). The van der Waals surface area contributed by atoms with E-state index in [0.29, 0.717) is 22.8 Å². The second kappa shape index (κ2) is 6.01. The molecule has 3 aromatic rings. The topological polar surface area (TPSA) is 92.9 Å². The Balaban J connectivity index is 1.92. The maximum Gasteiger partial charge on any atom is 0.229 e. The normalized spacial score (nSPS) is 11.5. The van der Waals surface area contributed by atoms with Crippen molar-refractivity contribution in [1.82, 2.24) is 14.8 Å². The first kappa shape index (κ1) is 15.5. The third-order valence-corrected chi connectivity index (χ3v) is 4.02. The lowest BCUT2D eigenvalue weighted by Gasteiger charge is -2.07. The lowest BCUT2D eigenvalue weighted by atomic mass is 10.2. The zero-order chi connectivity index (χ0) is 16.4. The summed E-state index contributed by atoms with van der Waals surface area (Å²) in [5.74, 6) is 1.41. The predicted molar refractivity (Wildman–Crippen MR) is 89.1 cm³/mol. The van der Waals surface area contributed by atoms with Crippen molar-refractivity contribution in [3.63, 3.8) is 0 Å². The van der Waals surface area contributed by atoms with E-state index in [-0.39, 0.29) is 0 Å². The van der Waals surface area contributed by atoms with Gasteiger partial charge in [-0.2, -0.15) is 5.10 Å². The van der Waals surface area contributed by atoms with Crippen LogP contribution in [0.2, 0.25) is 0 Å².